The van der Waals surface area contributed by atoms with E-state index in [-0.39, 0.29) is 0 Å². The summed E-state index contributed by atoms with van der Waals surface area (Å²) < 4.78 is 0. The smallest absolute Gasteiger partial charge is 0.0409 e. The van der Waals surface area contributed by atoms with Gasteiger partial charge in [0.05, 0.1) is 0 Å². The van der Waals surface area contributed by atoms with Crippen molar-refractivity contribution in [3.8, 4) is 0 Å². The number of rotatable bonds is 6. The van der Waals surface area contributed by atoms with Gasteiger partial charge in [-0.05, 0) is 43.0 Å². The zero-order chi connectivity index (χ0) is 14.4. The molecule has 2 aromatic carbocycles. The Hall–Kier alpha value is -1.31. The minimum atomic E-state index is 0.308. The van der Waals surface area contributed by atoms with Crippen LogP contribution in [-0.4, -0.2) is 6.04 Å². The van der Waals surface area contributed by atoms with Crippen molar-refractivity contribution in [3.63, 3.8) is 0 Å². The standard InChI is InChI=1S/C18H22ClN/c1-3-18(12-15-8-5-4-6-9-15)20-14(2)16-10-7-11-17(19)13-16/h4-11,13-14,18,20H,3,12H2,1-2H3/t14-,18?/m0/s1. The zero-order valence-corrected chi connectivity index (χ0v) is 12.9. The van der Waals surface area contributed by atoms with Gasteiger partial charge in [-0.2, -0.15) is 0 Å². The molecule has 0 aromatic heterocycles. The minimum Gasteiger partial charge on any atom is -0.307 e. The Bertz CT molecular complexity index is 524. The summed E-state index contributed by atoms with van der Waals surface area (Å²) >= 11 is 6.06. The molecule has 0 saturated heterocycles. The summed E-state index contributed by atoms with van der Waals surface area (Å²) in [5.41, 5.74) is 2.62. The summed E-state index contributed by atoms with van der Waals surface area (Å²) in [6, 6.07) is 19.5. The first-order valence-corrected chi connectivity index (χ1v) is 7.62. The van der Waals surface area contributed by atoms with Crippen molar-refractivity contribution in [1.29, 1.82) is 0 Å². The molecule has 1 N–H and O–H groups in total. The van der Waals surface area contributed by atoms with Crippen molar-refractivity contribution in [2.24, 2.45) is 0 Å². The van der Waals surface area contributed by atoms with E-state index in [1.54, 1.807) is 0 Å². The molecule has 0 spiro atoms. The molecule has 0 saturated carbocycles. The van der Waals surface area contributed by atoms with Crippen LogP contribution in [0.4, 0.5) is 0 Å². The average Bonchev–Trinajstić information content (AvgIpc) is 2.47. The fourth-order valence-electron chi connectivity index (χ4n) is 2.45. The molecule has 106 valence electrons. The van der Waals surface area contributed by atoms with E-state index in [4.69, 9.17) is 11.6 Å². The van der Waals surface area contributed by atoms with Gasteiger partial charge in [-0.1, -0.05) is 61.0 Å². The second-order valence-electron chi connectivity index (χ2n) is 5.24. The molecule has 0 radical (unpaired) electrons. The molecule has 0 aliphatic rings. The Morgan fingerprint density at radius 2 is 1.80 bits per heavy atom. The molecule has 0 aliphatic heterocycles. The topological polar surface area (TPSA) is 12.0 Å². The summed E-state index contributed by atoms with van der Waals surface area (Å²) in [5, 5.41) is 4.50. The monoisotopic (exact) mass is 287 g/mol. The Morgan fingerprint density at radius 1 is 1.05 bits per heavy atom. The van der Waals surface area contributed by atoms with Crippen molar-refractivity contribution >= 4 is 11.6 Å². The van der Waals surface area contributed by atoms with Crippen LogP contribution in [0.15, 0.2) is 54.6 Å². The first-order chi connectivity index (χ1) is 9.69. The Morgan fingerprint density at radius 3 is 2.45 bits per heavy atom. The number of halogens is 1. The molecular formula is C18H22ClN. The Balaban J connectivity index is 1.99. The van der Waals surface area contributed by atoms with Crippen LogP contribution in [0, 0.1) is 0 Å². The van der Waals surface area contributed by atoms with Crippen LogP contribution in [0.3, 0.4) is 0 Å². The van der Waals surface area contributed by atoms with Crippen LogP contribution in [0.25, 0.3) is 0 Å². The van der Waals surface area contributed by atoms with Gasteiger partial charge < -0.3 is 5.32 Å². The maximum Gasteiger partial charge on any atom is 0.0409 e. The molecule has 0 heterocycles. The van der Waals surface area contributed by atoms with E-state index in [1.807, 2.05) is 18.2 Å². The normalized spacial score (nSPS) is 13.9. The van der Waals surface area contributed by atoms with E-state index in [0.717, 1.165) is 17.9 Å². The average molecular weight is 288 g/mol. The number of benzene rings is 2. The van der Waals surface area contributed by atoms with Gasteiger partial charge in [0.1, 0.15) is 0 Å². The lowest BCUT2D eigenvalue weighted by atomic mass is 10.0. The van der Waals surface area contributed by atoms with Crippen molar-refractivity contribution in [2.45, 2.75) is 38.8 Å². The molecule has 0 fully saturated rings. The molecule has 20 heavy (non-hydrogen) atoms. The lowest BCUT2D eigenvalue weighted by molar-refractivity contribution is 0.440. The molecular weight excluding hydrogens is 266 g/mol. The quantitative estimate of drug-likeness (QED) is 0.787. The van der Waals surface area contributed by atoms with Crippen LogP contribution < -0.4 is 5.32 Å². The van der Waals surface area contributed by atoms with Gasteiger partial charge in [-0.15, -0.1) is 0 Å². The third kappa shape index (κ3) is 4.36. The van der Waals surface area contributed by atoms with Gasteiger partial charge in [0.25, 0.3) is 0 Å². The van der Waals surface area contributed by atoms with Gasteiger partial charge in [-0.3, -0.25) is 0 Å². The Kier molecular flexibility index (Phi) is 5.63. The van der Waals surface area contributed by atoms with Crippen molar-refractivity contribution in [3.05, 3.63) is 70.7 Å². The van der Waals surface area contributed by atoms with E-state index in [1.165, 1.54) is 11.1 Å². The predicted molar refractivity (Wildman–Crippen MR) is 87.2 cm³/mol. The van der Waals surface area contributed by atoms with Crippen molar-refractivity contribution < 1.29 is 0 Å². The van der Waals surface area contributed by atoms with E-state index < -0.39 is 0 Å². The molecule has 1 unspecified atom stereocenters. The van der Waals surface area contributed by atoms with Crippen molar-refractivity contribution in [1.82, 2.24) is 5.32 Å². The summed E-state index contributed by atoms with van der Waals surface area (Å²) in [6.07, 6.45) is 2.17. The number of nitrogens with one attached hydrogen (secondary N) is 1. The number of hydrogen-bond acceptors (Lipinski definition) is 1. The SMILES string of the molecule is CCC(Cc1ccccc1)N[C@@H](C)c1cccc(Cl)c1. The van der Waals surface area contributed by atoms with E-state index in [0.29, 0.717) is 12.1 Å². The summed E-state index contributed by atoms with van der Waals surface area (Å²) in [6.45, 7) is 4.42. The molecule has 0 bridgehead atoms. The summed E-state index contributed by atoms with van der Waals surface area (Å²) in [5.74, 6) is 0. The minimum absolute atomic E-state index is 0.308. The molecule has 2 rings (SSSR count). The highest BCUT2D eigenvalue weighted by Crippen LogP contribution is 2.19. The lowest BCUT2D eigenvalue weighted by Gasteiger charge is -2.23. The first kappa shape index (κ1) is 15.1. The molecule has 2 heteroatoms. The van der Waals surface area contributed by atoms with E-state index >= 15 is 0 Å². The Labute approximate surface area is 127 Å². The maximum absolute atomic E-state index is 6.06. The fraction of sp³-hybridized carbons (Fsp3) is 0.333. The molecule has 1 nitrogen and oxygen atoms in total. The third-order valence-electron chi connectivity index (χ3n) is 3.65. The largest absolute Gasteiger partial charge is 0.307 e. The zero-order valence-electron chi connectivity index (χ0n) is 12.1. The first-order valence-electron chi connectivity index (χ1n) is 7.24. The van der Waals surface area contributed by atoms with Gasteiger partial charge in [0, 0.05) is 17.1 Å². The van der Waals surface area contributed by atoms with E-state index in [9.17, 15) is 0 Å². The predicted octanol–water partition coefficient (Wildman–Crippen LogP) is 5.01. The van der Waals surface area contributed by atoms with Gasteiger partial charge in [-0.25, -0.2) is 0 Å². The maximum atomic E-state index is 6.06. The van der Waals surface area contributed by atoms with Crippen LogP contribution in [-0.2, 0) is 6.42 Å². The van der Waals surface area contributed by atoms with E-state index in [2.05, 4.69) is 55.6 Å². The fourth-order valence-corrected chi connectivity index (χ4v) is 2.64. The van der Waals surface area contributed by atoms with Crippen LogP contribution in [0.2, 0.25) is 5.02 Å². The third-order valence-corrected chi connectivity index (χ3v) is 3.89. The van der Waals surface area contributed by atoms with Crippen molar-refractivity contribution in [2.75, 3.05) is 0 Å². The van der Waals surface area contributed by atoms with Gasteiger partial charge >= 0.3 is 0 Å². The number of hydrogen-bond donors (Lipinski definition) is 1. The molecule has 2 aromatic rings. The highest BCUT2D eigenvalue weighted by molar-refractivity contribution is 6.30. The highest BCUT2D eigenvalue weighted by atomic mass is 35.5. The molecule has 0 amide bonds. The second-order valence-corrected chi connectivity index (χ2v) is 5.67. The second kappa shape index (κ2) is 7.47. The lowest BCUT2D eigenvalue weighted by Crippen LogP contribution is -2.32. The summed E-state index contributed by atoms with van der Waals surface area (Å²) in [7, 11) is 0. The van der Waals surface area contributed by atoms with Gasteiger partial charge in [0.15, 0.2) is 0 Å². The van der Waals surface area contributed by atoms with Crippen LogP contribution >= 0.6 is 11.6 Å². The molecule has 2 atom stereocenters. The van der Waals surface area contributed by atoms with Gasteiger partial charge in [0.2, 0.25) is 0 Å². The highest BCUT2D eigenvalue weighted by Gasteiger charge is 2.12. The summed E-state index contributed by atoms with van der Waals surface area (Å²) in [4.78, 5) is 0. The van der Waals surface area contributed by atoms with Crippen LogP contribution in [0.5, 0.6) is 0 Å². The molecule has 0 aliphatic carbocycles. The van der Waals surface area contributed by atoms with Crippen LogP contribution in [0.1, 0.15) is 37.4 Å².